The minimum atomic E-state index is -0.618. The van der Waals surface area contributed by atoms with Crippen LogP contribution in [0.1, 0.15) is 31.1 Å². The maximum Gasteiger partial charge on any atom is 0.126 e. The van der Waals surface area contributed by atoms with Gasteiger partial charge in [0.25, 0.3) is 0 Å². The van der Waals surface area contributed by atoms with Crippen LogP contribution in [0.25, 0.3) is 0 Å². The summed E-state index contributed by atoms with van der Waals surface area (Å²) < 4.78 is 5.78. The summed E-state index contributed by atoms with van der Waals surface area (Å²) in [6.45, 7) is 4.00. The highest BCUT2D eigenvalue weighted by Gasteiger charge is 2.17. The molecule has 2 atom stereocenters. The first kappa shape index (κ1) is 13.6. The maximum atomic E-state index is 10.2. The highest BCUT2D eigenvalue weighted by atomic mass is 16.5. The minimum absolute atomic E-state index is 0.283. The van der Waals surface area contributed by atoms with Gasteiger partial charge in [0.15, 0.2) is 0 Å². The van der Waals surface area contributed by atoms with Crippen LogP contribution in [0.3, 0.4) is 0 Å². The Balaban J connectivity index is 2.01. The molecule has 0 aromatic heterocycles. The lowest BCUT2D eigenvalue weighted by atomic mass is 10.1. The van der Waals surface area contributed by atoms with Gasteiger partial charge in [0.05, 0.1) is 0 Å². The zero-order valence-corrected chi connectivity index (χ0v) is 11.4. The Morgan fingerprint density at radius 3 is 2.21 bits per heavy atom. The largest absolute Gasteiger partial charge is 0.488 e. The maximum absolute atomic E-state index is 10.2. The minimum Gasteiger partial charge on any atom is -0.488 e. The molecular formula is C17H20O2. The third-order valence-corrected chi connectivity index (χ3v) is 3.24. The molecule has 2 unspecified atom stereocenters. The van der Waals surface area contributed by atoms with Crippen molar-refractivity contribution in [2.75, 3.05) is 0 Å². The summed E-state index contributed by atoms with van der Waals surface area (Å²) in [5, 5.41) is 10.2. The molecule has 2 heteroatoms. The molecule has 2 aromatic rings. The van der Waals surface area contributed by atoms with Crippen molar-refractivity contribution >= 4 is 0 Å². The van der Waals surface area contributed by atoms with E-state index in [-0.39, 0.29) is 6.10 Å². The van der Waals surface area contributed by atoms with Gasteiger partial charge < -0.3 is 9.84 Å². The highest BCUT2D eigenvalue weighted by Crippen LogP contribution is 2.22. The normalized spacial score (nSPS) is 13.8. The molecule has 2 rings (SSSR count). The Kier molecular flexibility index (Phi) is 4.58. The molecule has 0 aliphatic rings. The van der Waals surface area contributed by atoms with Crippen molar-refractivity contribution in [2.45, 2.75) is 32.5 Å². The molecule has 0 aliphatic carbocycles. The van der Waals surface area contributed by atoms with Crippen molar-refractivity contribution in [1.29, 1.82) is 0 Å². The Labute approximate surface area is 114 Å². The molecular weight excluding hydrogens is 236 g/mol. The first-order valence-electron chi connectivity index (χ1n) is 6.69. The molecule has 0 heterocycles. The molecule has 0 saturated heterocycles. The standard InChI is InChI=1S/C17H20O2/c1-3-14-9-11-16(12-10-14)19-13(2)17(18)15-7-5-4-6-8-15/h4-13,17-18H,3H2,1-2H3. The highest BCUT2D eigenvalue weighted by molar-refractivity contribution is 5.28. The fourth-order valence-electron chi connectivity index (χ4n) is 2.00. The van der Waals surface area contributed by atoms with E-state index in [0.717, 1.165) is 17.7 Å². The van der Waals surface area contributed by atoms with E-state index < -0.39 is 6.10 Å². The van der Waals surface area contributed by atoms with Gasteiger partial charge in [-0.3, -0.25) is 0 Å². The predicted octanol–water partition coefficient (Wildman–Crippen LogP) is 3.75. The van der Waals surface area contributed by atoms with Gasteiger partial charge in [0.2, 0.25) is 0 Å². The van der Waals surface area contributed by atoms with Crippen LogP contribution in [0.2, 0.25) is 0 Å². The summed E-state index contributed by atoms with van der Waals surface area (Å²) in [7, 11) is 0. The van der Waals surface area contributed by atoms with Gasteiger partial charge in [-0.1, -0.05) is 49.4 Å². The predicted molar refractivity (Wildman–Crippen MR) is 77.3 cm³/mol. The SMILES string of the molecule is CCc1ccc(OC(C)C(O)c2ccccc2)cc1. The number of hydrogen-bond donors (Lipinski definition) is 1. The Morgan fingerprint density at radius 1 is 1.00 bits per heavy atom. The van der Waals surface area contributed by atoms with Crippen LogP contribution in [-0.2, 0) is 6.42 Å². The van der Waals surface area contributed by atoms with E-state index in [9.17, 15) is 5.11 Å². The van der Waals surface area contributed by atoms with Gasteiger partial charge in [-0.15, -0.1) is 0 Å². The second-order valence-electron chi connectivity index (χ2n) is 4.68. The Bertz CT molecular complexity index is 490. The van der Waals surface area contributed by atoms with E-state index in [4.69, 9.17) is 4.74 Å². The first-order chi connectivity index (χ1) is 9.20. The van der Waals surface area contributed by atoms with Crippen LogP contribution in [0.5, 0.6) is 5.75 Å². The van der Waals surface area contributed by atoms with Crippen LogP contribution in [0, 0.1) is 0 Å². The molecule has 1 N–H and O–H groups in total. The average Bonchev–Trinajstić information content (AvgIpc) is 2.48. The fourth-order valence-corrected chi connectivity index (χ4v) is 2.00. The van der Waals surface area contributed by atoms with E-state index in [1.165, 1.54) is 5.56 Å². The zero-order chi connectivity index (χ0) is 13.7. The number of rotatable bonds is 5. The van der Waals surface area contributed by atoms with Crippen molar-refractivity contribution < 1.29 is 9.84 Å². The first-order valence-corrected chi connectivity index (χ1v) is 6.69. The van der Waals surface area contributed by atoms with E-state index in [1.807, 2.05) is 49.4 Å². The molecule has 0 radical (unpaired) electrons. The summed E-state index contributed by atoms with van der Waals surface area (Å²) in [5.41, 5.74) is 2.16. The second-order valence-corrected chi connectivity index (χ2v) is 4.68. The summed E-state index contributed by atoms with van der Waals surface area (Å²) in [6.07, 6.45) is 0.115. The monoisotopic (exact) mass is 256 g/mol. The fraction of sp³-hybridized carbons (Fsp3) is 0.294. The number of ether oxygens (including phenoxy) is 1. The van der Waals surface area contributed by atoms with Crippen LogP contribution < -0.4 is 4.74 Å². The zero-order valence-electron chi connectivity index (χ0n) is 11.4. The number of hydrogen-bond acceptors (Lipinski definition) is 2. The number of aryl methyl sites for hydroxylation is 1. The van der Waals surface area contributed by atoms with E-state index in [2.05, 4.69) is 19.1 Å². The quantitative estimate of drug-likeness (QED) is 0.882. The van der Waals surface area contributed by atoms with Gasteiger partial charge >= 0.3 is 0 Å². The molecule has 0 aliphatic heterocycles. The van der Waals surface area contributed by atoms with Crippen molar-refractivity contribution in [3.8, 4) is 5.75 Å². The van der Waals surface area contributed by atoms with Gasteiger partial charge in [-0.25, -0.2) is 0 Å². The van der Waals surface area contributed by atoms with E-state index in [1.54, 1.807) is 0 Å². The summed E-state index contributed by atoms with van der Waals surface area (Å²) in [5.74, 6) is 0.791. The third kappa shape index (κ3) is 3.58. The van der Waals surface area contributed by atoms with Crippen molar-refractivity contribution in [3.63, 3.8) is 0 Å². The number of aliphatic hydroxyl groups excluding tert-OH is 1. The Hall–Kier alpha value is -1.80. The van der Waals surface area contributed by atoms with Gasteiger partial charge in [0.1, 0.15) is 18.0 Å². The third-order valence-electron chi connectivity index (χ3n) is 3.24. The van der Waals surface area contributed by atoms with Crippen molar-refractivity contribution in [3.05, 3.63) is 65.7 Å². The number of benzene rings is 2. The van der Waals surface area contributed by atoms with Crippen molar-refractivity contribution in [1.82, 2.24) is 0 Å². The lowest BCUT2D eigenvalue weighted by Gasteiger charge is -2.21. The molecule has 0 amide bonds. The van der Waals surface area contributed by atoms with Gasteiger partial charge in [-0.2, -0.15) is 0 Å². The van der Waals surface area contributed by atoms with Crippen LogP contribution in [0.15, 0.2) is 54.6 Å². The topological polar surface area (TPSA) is 29.5 Å². The van der Waals surface area contributed by atoms with E-state index >= 15 is 0 Å². The molecule has 19 heavy (non-hydrogen) atoms. The molecule has 0 spiro atoms. The number of aliphatic hydroxyl groups is 1. The van der Waals surface area contributed by atoms with Crippen molar-refractivity contribution in [2.24, 2.45) is 0 Å². The second kappa shape index (κ2) is 6.39. The molecule has 0 saturated carbocycles. The van der Waals surface area contributed by atoms with Crippen LogP contribution in [-0.4, -0.2) is 11.2 Å². The smallest absolute Gasteiger partial charge is 0.126 e. The van der Waals surface area contributed by atoms with E-state index in [0.29, 0.717) is 0 Å². The average molecular weight is 256 g/mol. The van der Waals surface area contributed by atoms with Crippen LogP contribution >= 0.6 is 0 Å². The summed E-state index contributed by atoms with van der Waals surface area (Å²) >= 11 is 0. The lowest BCUT2D eigenvalue weighted by molar-refractivity contribution is 0.0467. The molecule has 100 valence electrons. The molecule has 2 aromatic carbocycles. The Morgan fingerprint density at radius 2 is 1.63 bits per heavy atom. The summed E-state index contributed by atoms with van der Waals surface area (Å²) in [4.78, 5) is 0. The molecule has 2 nitrogen and oxygen atoms in total. The molecule has 0 fully saturated rings. The van der Waals surface area contributed by atoms with Crippen LogP contribution in [0.4, 0.5) is 0 Å². The van der Waals surface area contributed by atoms with Gasteiger partial charge in [-0.05, 0) is 36.6 Å². The summed E-state index contributed by atoms with van der Waals surface area (Å²) in [6, 6.07) is 17.6. The molecule has 0 bridgehead atoms. The lowest BCUT2D eigenvalue weighted by Crippen LogP contribution is -2.21. The van der Waals surface area contributed by atoms with Gasteiger partial charge in [0, 0.05) is 0 Å².